The first kappa shape index (κ1) is 19.9. The van der Waals surface area contributed by atoms with Crippen LogP contribution < -0.4 is 0 Å². The van der Waals surface area contributed by atoms with E-state index in [0.29, 0.717) is 0 Å². The summed E-state index contributed by atoms with van der Waals surface area (Å²) in [6.45, 7) is 5.13. The highest BCUT2D eigenvalue weighted by Crippen LogP contribution is 2.62. The van der Waals surface area contributed by atoms with Crippen molar-refractivity contribution in [2.45, 2.75) is 117 Å². The largest absolute Gasteiger partial charge is 0.0625 e. The van der Waals surface area contributed by atoms with Crippen LogP contribution in [0.2, 0.25) is 0 Å². The van der Waals surface area contributed by atoms with Gasteiger partial charge in [0.25, 0.3) is 0 Å². The molecule has 0 aromatic carbocycles. The molecule has 0 saturated heterocycles. The zero-order valence-electron chi connectivity index (χ0n) is 19.1. The van der Waals surface area contributed by atoms with Crippen molar-refractivity contribution in [3.8, 4) is 0 Å². The topological polar surface area (TPSA) is 0 Å². The molecule has 0 spiro atoms. The third-order valence-electron chi connectivity index (χ3n) is 10.8. The van der Waals surface area contributed by atoms with Gasteiger partial charge in [-0.25, -0.2) is 0 Å². The zero-order chi connectivity index (χ0) is 19.1. The van der Waals surface area contributed by atoms with Crippen molar-refractivity contribution in [2.75, 3.05) is 0 Å². The Bertz CT molecular complexity index is 438. The minimum Gasteiger partial charge on any atom is -0.0625 e. The maximum absolute atomic E-state index is 2.57. The number of fused-ring (bicyclic) bond motifs is 2. The highest BCUT2D eigenvalue weighted by atomic mass is 14.6. The first-order valence-corrected chi connectivity index (χ1v) is 13.7. The second-order valence-corrected chi connectivity index (χ2v) is 12.4. The van der Waals surface area contributed by atoms with E-state index in [-0.39, 0.29) is 0 Å². The van der Waals surface area contributed by atoms with Crippen LogP contribution in [0, 0.1) is 59.2 Å². The zero-order valence-corrected chi connectivity index (χ0v) is 19.1. The number of hydrogen-bond donors (Lipinski definition) is 0. The first-order chi connectivity index (χ1) is 13.7. The fourth-order valence-electron chi connectivity index (χ4n) is 9.98. The summed E-state index contributed by atoms with van der Waals surface area (Å²) < 4.78 is 0. The Hall–Kier alpha value is 0. The summed E-state index contributed by atoms with van der Waals surface area (Å²) in [7, 11) is 0. The van der Waals surface area contributed by atoms with E-state index in [1.54, 1.807) is 89.9 Å². The Morgan fingerprint density at radius 2 is 0.750 bits per heavy atom. The van der Waals surface area contributed by atoms with Gasteiger partial charge in [0.2, 0.25) is 0 Å². The highest BCUT2D eigenvalue weighted by Gasteiger charge is 2.54. The lowest BCUT2D eigenvalue weighted by molar-refractivity contribution is -0.115. The highest BCUT2D eigenvalue weighted by molar-refractivity contribution is 5.03. The van der Waals surface area contributed by atoms with Crippen molar-refractivity contribution in [3.05, 3.63) is 0 Å². The van der Waals surface area contributed by atoms with E-state index in [2.05, 4.69) is 13.8 Å². The quantitative estimate of drug-likeness (QED) is 0.447. The third-order valence-corrected chi connectivity index (χ3v) is 10.8. The molecule has 5 aliphatic carbocycles. The molecule has 8 unspecified atom stereocenters. The van der Waals surface area contributed by atoms with E-state index >= 15 is 0 Å². The average Bonchev–Trinajstić information content (AvgIpc) is 2.72. The van der Waals surface area contributed by atoms with E-state index in [4.69, 9.17) is 0 Å². The standard InChI is InChI=1S/C28H48/c1-19-9-7-11-21(17-19)27-23-13-3-5-15-25(23)28(22-12-8-10-20(2)18-22)26-16-6-4-14-24(26)27/h19-28H,3-18H2,1-2H3. The van der Waals surface area contributed by atoms with Crippen LogP contribution in [0.15, 0.2) is 0 Å². The maximum Gasteiger partial charge on any atom is -0.0323 e. The van der Waals surface area contributed by atoms with Crippen molar-refractivity contribution in [1.82, 2.24) is 0 Å². The summed E-state index contributed by atoms with van der Waals surface area (Å²) in [5.74, 6) is 11.0. The lowest BCUT2D eigenvalue weighted by Gasteiger charge is -2.60. The molecule has 5 fully saturated rings. The second kappa shape index (κ2) is 8.63. The molecule has 160 valence electrons. The summed E-state index contributed by atoms with van der Waals surface area (Å²) in [6, 6.07) is 0. The molecule has 0 heterocycles. The van der Waals surface area contributed by atoms with E-state index in [1.807, 2.05) is 0 Å². The van der Waals surface area contributed by atoms with Crippen molar-refractivity contribution in [2.24, 2.45) is 59.2 Å². The molecule has 0 aromatic heterocycles. The minimum absolute atomic E-state index is 1.01. The number of hydrogen-bond acceptors (Lipinski definition) is 0. The molecular weight excluding hydrogens is 336 g/mol. The van der Waals surface area contributed by atoms with Gasteiger partial charge < -0.3 is 0 Å². The molecule has 0 radical (unpaired) electrons. The Morgan fingerprint density at radius 3 is 1.07 bits per heavy atom. The van der Waals surface area contributed by atoms with Crippen LogP contribution in [0.1, 0.15) is 117 Å². The Labute approximate surface area is 176 Å². The molecule has 0 aromatic rings. The third kappa shape index (κ3) is 3.73. The molecule has 28 heavy (non-hydrogen) atoms. The minimum atomic E-state index is 1.01. The molecule has 5 aliphatic rings. The maximum atomic E-state index is 2.57. The number of rotatable bonds is 2. The summed E-state index contributed by atoms with van der Waals surface area (Å²) in [5, 5.41) is 0. The van der Waals surface area contributed by atoms with Crippen LogP contribution >= 0.6 is 0 Å². The SMILES string of the molecule is CC1CCCC(C2C3CCCCC3C(C3CCCC(C)C3)C3CCCCC32)C1. The average molecular weight is 385 g/mol. The first-order valence-electron chi connectivity index (χ1n) is 13.7. The predicted octanol–water partition coefficient (Wildman–Crippen LogP) is 8.50. The second-order valence-electron chi connectivity index (χ2n) is 12.4. The van der Waals surface area contributed by atoms with Crippen LogP contribution in [0.5, 0.6) is 0 Å². The summed E-state index contributed by atoms with van der Waals surface area (Å²) in [5.41, 5.74) is 0. The summed E-state index contributed by atoms with van der Waals surface area (Å²) >= 11 is 0. The Kier molecular flexibility index (Phi) is 6.14. The molecule has 0 heteroatoms. The molecular formula is C28H48. The van der Waals surface area contributed by atoms with Gasteiger partial charge in [-0.3, -0.25) is 0 Å². The van der Waals surface area contributed by atoms with Gasteiger partial charge >= 0.3 is 0 Å². The van der Waals surface area contributed by atoms with Crippen molar-refractivity contribution in [3.63, 3.8) is 0 Å². The van der Waals surface area contributed by atoms with Gasteiger partial charge in [-0.15, -0.1) is 0 Å². The van der Waals surface area contributed by atoms with Crippen LogP contribution in [-0.4, -0.2) is 0 Å². The Balaban J connectivity index is 1.46. The van der Waals surface area contributed by atoms with Crippen molar-refractivity contribution < 1.29 is 0 Å². The van der Waals surface area contributed by atoms with Gasteiger partial charge in [0.15, 0.2) is 0 Å². The molecule has 0 N–H and O–H groups in total. The van der Waals surface area contributed by atoms with E-state index in [9.17, 15) is 0 Å². The lowest BCUT2D eigenvalue weighted by Crippen LogP contribution is -2.53. The molecule has 0 aliphatic heterocycles. The van der Waals surface area contributed by atoms with Gasteiger partial charge in [0.1, 0.15) is 0 Å². The summed E-state index contributed by atoms with van der Waals surface area (Å²) in [4.78, 5) is 0. The van der Waals surface area contributed by atoms with Gasteiger partial charge in [-0.1, -0.05) is 78.1 Å². The van der Waals surface area contributed by atoms with Gasteiger partial charge in [0.05, 0.1) is 0 Å². The lowest BCUT2D eigenvalue weighted by atomic mass is 9.45. The monoisotopic (exact) mass is 384 g/mol. The van der Waals surface area contributed by atoms with Crippen LogP contribution in [0.25, 0.3) is 0 Å². The Morgan fingerprint density at radius 1 is 0.393 bits per heavy atom. The predicted molar refractivity (Wildman–Crippen MR) is 120 cm³/mol. The summed E-state index contributed by atoms with van der Waals surface area (Å²) in [6.07, 6.45) is 25.2. The van der Waals surface area contributed by atoms with Gasteiger partial charge in [-0.05, 0) is 97.7 Å². The smallest absolute Gasteiger partial charge is 0.0323 e. The van der Waals surface area contributed by atoms with Crippen molar-refractivity contribution in [1.29, 1.82) is 0 Å². The fraction of sp³-hybridized carbons (Fsp3) is 1.00. The van der Waals surface area contributed by atoms with Crippen LogP contribution in [0.3, 0.4) is 0 Å². The van der Waals surface area contributed by atoms with E-state index < -0.39 is 0 Å². The molecule has 5 rings (SSSR count). The molecule has 0 bridgehead atoms. The van der Waals surface area contributed by atoms with Crippen LogP contribution in [-0.2, 0) is 0 Å². The van der Waals surface area contributed by atoms with Crippen LogP contribution in [0.4, 0.5) is 0 Å². The van der Waals surface area contributed by atoms with E-state index in [1.165, 1.54) is 12.8 Å². The van der Waals surface area contributed by atoms with E-state index in [0.717, 1.165) is 59.2 Å². The fourth-order valence-corrected chi connectivity index (χ4v) is 9.98. The molecule has 8 atom stereocenters. The molecule has 0 nitrogen and oxygen atoms in total. The van der Waals surface area contributed by atoms with Crippen molar-refractivity contribution >= 4 is 0 Å². The molecule has 5 saturated carbocycles. The molecule has 0 amide bonds. The van der Waals surface area contributed by atoms with Gasteiger partial charge in [-0.2, -0.15) is 0 Å². The normalized spacial score (nSPS) is 52.5. The van der Waals surface area contributed by atoms with Gasteiger partial charge in [0, 0.05) is 0 Å².